The molecule has 13 nitrogen and oxygen atoms in total. The van der Waals surface area contributed by atoms with E-state index in [4.69, 9.17) is 18.9 Å². The Hall–Kier alpha value is -7.66. The molecule has 8 spiro atoms. The Morgan fingerprint density at radius 1 is 0.410 bits per heavy atom. The first-order chi connectivity index (χ1) is 65.0. The van der Waals surface area contributed by atoms with Crippen LogP contribution < -0.4 is 21.3 Å². The second-order valence-electron chi connectivity index (χ2n) is 48.0. The van der Waals surface area contributed by atoms with E-state index in [0.29, 0.717) is 70.0 Å². The van der Waals surface area contributed by atoms with Crippen molar-refractivity contribution in [2.24, 2.45) is 80.8 Å². The van der Waals surface area contributed by atoms with E-state index >= 15 is 0 Å². The lowest BCUT2D eigenvalue weighted by molar-refractivity contribution is -0.149. The van der Waals surface area contributed by atoms with Crippen molar-refractivity contribution in [1.82, 2.24) is 41.2 Å². The van der Waals surface area contributed by atoms with Crippen LogP contribution in [-0.4, -0.2) is 130 Å². The quantitative estimate of drug-likeness (QED) is 0.0662. The predicted octanol–water partition coefficient (Wildman–Crippen LogP) is 24.3. The maximum absolute atomic E-state index is 10.8. The Kier molecular flexibility index (Phi) is 22.1. The van der Waals surface area contributed by atoms with Gasteiger partial charge in [0.25, 0.3) is 0 Å². The van der Waals surface area contributed by atoms with E-state index < -0.39 is 0 Å². The fraction of sp³-hybridized carbons (Fsp3) is 0.587. The number of benzene rings is 3. The van der Waals surface area contributed by atoms with Gasteiger partial charge in [0, 0.05) is 84.7 Å². The summed E-state index contributed by atoms with van der Waals surface area (Å²) >= 11 is 0. The smallest absolute Gasteiger partial charge is 0.0975 e. The van der Waals surface area contributed by atoms with Gasteiger partial charge in [-0.05, 0) is 477 Å². The van der Waals surface area contributed by atoms with E-state index in [-0.39, 0.29) is 67.7 Å². The topological polar surface area (TPSA) is 157 Å². The molecule has 8 bridgehead atoms. The highest BCUT2D eigenvalue weighted by atomic mass is 16.5. The summed E-state index contributed by atoms with van der Waals surface area (Å²) < 4.78 is 29.6. The lowest BCUT2D eigenvalue weighted by atomic mass is 9.55. The molecule has 20 aliphatic rings. The summed E-state index contributed by atoms with van der Waals surface area (Å²) in [6.45, 7) is 19.2. The molecule has 13 heteroatoms. The number of hydrogen-bond donors (Lipinski definition) is 5. The van der Waals surface area contributed by atoms with E-state index in [1.54, 1.807) is 11.1 Å². The number of hydrogen-bond acceptors (Lipinski definition) is 13. The van der Waals surface area contributed by atoms with Crippen molar-refractivity contribution in [2.75, 3.05) is 54.4 Å². The van der Waals surface area contributed by atoms with Crippen LogP contribution in [0.5, 0.6) is 0 Å². The third-order valence-corrected chi connectivity index (χ3v) is 41.8. The Labute approximate surface area is 798 Å². The normalized spacial score (nSPS) is 41.4. The number of nitrogens with one attached hydrogen (secondary N) is 4. The number of pyridine rings is 4. The van der Waals surface area contributed by atoms with Crippen molar-refractivity contribution in [2.45, 2.75) is 309 Å². The number of aliphatic hydroxyl groups excluding tert-OH is 1. The average molecular weight is 1800 g/mol. The summed E-state index contributed by atoms with van der Waals surface area (Å²) in [6.07, 6.45) is 77.7. The molecule has 4 saturated heterocycles. The molecule has 0 amide bonds. The van der Waals surface area contributed by atoms with Crippen LogP contribution in [0, 0.1) is 87.8 Å². The lowest BCUT2D eigenvalue weighted by Gasteiger charge is -2.56. The summed E-state index contributed by atoms with van der Waals surface area (Å²) in [5.41, 5.74) is 20.1. The van der Waals surface area contributed by atoms with Crippen molar-refractivity contribution in [3.05, 3.63) is 262 Å². The van der Waals surface area contributed by atoms with Crippen LogP contribution in [-0.2, 0) is 25.4 Å². The SMILES string of the molecule is CNC[C@@H]1C=CC2=CC3=CC[C@]4(C)[C@@H](c5ccc6ccncc6c5)CC[C@H]4[C@@]34CC[C@]2(C1)O4.CNC[C@@H]1CC=C2C=C3CC[C@]4(C)[C@@H](C(C)CCc5ccncc5C)CC[C@H]4[C@@]34CC[C@]2(C1)O4.CNC[C@@H]1CC=C2C=C3CC[C@]4(C)[C@@H](c5ccc6ccncc6c5)CC[C@H]4[C@@]34CC[C@]2(C1)O4.CNC[C@H]1C[C@@]23CC[C@@]4(O2)C(=CC3=C[C@@H]1O)CC[C@]1(C)[C@@H](c2ccc3ccncc3c2)CC[C@H]14. The molecule has 134 heavy (non-hydrogen) atoms. The molecule has 3 aromatic carbocycles. The summed E-state index contributed by atoms with van der Waals surface area (Å²) in [6, 6.07) is 29.8. The van der Waals surface area contributed by atoms with Crippen LogP contribution in [0.3, 0.4) is 0 Å². The van der Waals surface area contributed by atoms with Crippen LogP contribution in [0.25, 0.3) is 32.3 Å². The summed E-state index contributed by atoms with van der Waals surface area (Å²) in [7, 11) is 8.22. The van der Waals surface area contributed by atoms with Gasteiger partial charge >= 0.3 is 0 Å². The molecule has 8 aliphatic heterocycles. The van der Waals surface area contributed by atoms with Crippen LogP contribution in [0.1, 0.15) is 273 Å². The molecule has 1 unspecified atom stereocenters. The molecule has 12 heterocycles. The van der Waals surface area contributed by atoms with E-state index in [9.17, 15) is 5.11 Å². The molecule has 0 radical (unpaired) electrons. The number of aliphatic hydroxyl groups is 1. The highest BCUT2D eigenvalue weighted by Gasteiger charge is 2.73. The molecule has 26 atom stereocenters. The Morgan fingerprint density at radius 3 is 1.37 bits per heavy atom. The lowest BCUT2D eigenvalue weighted by Crippen LogP contribution is -2.55. The van der Waals surface area contributed by atoms with Gasteiger partial charge in [-0.25, -0.2) is 0 Å². The predicted molar refractivity (Wildman–Crippen MR) is 539 cm³/mol. The highest BCUT2D eigenvalue weighted by molar-refractivity contribution is 5.84. The molecule has 7 aromatic rings. The van der Waals surface area contributed by atoms with Gasteiger partial charge in [0.1, 0.15) is 0 Å². The molecular weight excluding hydrogens is 1650 g/mol. The molecule has 704 valence electrons. The average Bonchev–Trinajstić information content (AvgIpc) is 1.54. The second kappa shape index (κ2) is 33.3. The maximum atomic E-state index is 10.8. The Bertz CT molecular complexity index is 6090. The standard InChI is InChI=1S/C31H44N2O.C30H36N2O2.C30H36N2O.C30H34N2O/c1-21(5-7-24-12-16-33-19-22(24)2)27-9-10-28-29(27,3)13-11-26-17-25-8-6-23(20-32-4)18-30(25)14-15-31(26,28)34-30;1-28-9-7-23-14-24-15-26(33)22(17-31-2)16-29(24)10-11-30(23,34-29)27(28)6-5-25(28)20-4-3-19-8-12-32-18-21(19)13-20;2*1-28-11-9-25-16-24-6-3-20(18-31-2)17-29(24)12-13-30(25,33-29)27(28)8-7-26(28)22-5-4-21-10-14-32-19-23(21)15-22/h8,12,16-17,19,21,23,27-28,32H,5-7,9-11,13-15,18,20H2,1-4H3;3-4,8,12-15,18,22,25-27,31,33H,5-7,9-11,16-17H2,1-2H3;4-6,10,14-16,19-20,26-27,31H,3,7-9,11-13,17-18H2,1-2H3;3-6,9-10,14-16,19-20,26-27,31H,7-8,11-13,17-18H2,1-2H3/t21?,23-,27-,28-,29-,30-,31-;22-,25-,26+,27-,28-,29-,30-;2*20-,26-,27-,28-,29-,30-/m1111/s1. The number of rotatable bonds is 15. The fourth-order valence-corrected chi connectivity index (χ4v) is 35.5. The zero-order chi connectivity index (χ0) is 91.2. The van der Waals surface area contributed by atoms with Gasteiger partial charge in [-0.2, -0.15) is 0 Å². The van der Waals surface area contributed by atoms with Crippen molar-refractivity contribution in [3.8, 4) is 0 Å². The largest absolute Gasteiger partial charge is 0.389 e. The van der Waals surface area contributed by atoms with E-state index in [1.807, 2.05) is 56.6 Å². The number of ether oxygens (including phenoxy) is 4. The minimum atomic E-state index is -0.381. The van der Waals surface area contributed by atoms with E-state index in [0.717, 1.165) is 76.5 Å². The molecule has 11 fully saturated rings. The second-order valence-corrected chi connectivity index (χ2v) is 48.0. The molecular formula is C121H150N8O5. The van der Waals surface area contributed by atoms with Crippen LogP contribution in [0.2, 0.25) is 0 Å². The van der Waals surface area contributed by atoms with Gasteiger partial charge in [0.15, 0.2) is 0 Å². The zero-order valence-electron chi connectivity index (χ0n) is 82.1. The maximum Gasteiger partial charge on any atom is 0.0975 e. The molecule has 7 saturated carbocycles. The number of nitrogens with zero attached hydrogens (tertiary/aromatic N) is 4. The fourth-order valence-electron chi connectivity index (χ4n) is 35.5. The summed E-state index contributed by atoms with van der Waals surface area (Å²) in [5.74, 6) is 7.99. The third-order valence-electron chi connectivity index (χ3n) is 41.8. The van der Waals surface area contributed by atoms with Gasteiger partial charge in [0.05, 0.1) is 50.9 Å². The van der Waals surface area contributed by atoms with Crippen molar-refractivity contribution >= 4 is 32.3 Å². The number of aryl methyl sites for hydroxylation is 2. The van der Waals surface area contributed by atoms with Crippen molar-refractivity contribution in [3.63, 3.8) is 0 Å². The van der Waals surface area contributed by atoms with Crippen molar-refractivity contribution in [1.29, 1.82) is 0 Å². The van der Waals surface area contributed by atoms with E-state index in [2.05, 4.69) is 244 Å². The molecule has 12 aliphatic carbocycles. The Morgan fingerprint density at radius 2 is 0.851 bits per heavy atom. The van der Waals surface area contributed by atoms with Gasteiger partial charge in [0.2, 0.25) is 0 Å². The van der Waals surface area contributed by atoms with Gasteiger partial charge in [-0.3, -0.25) is 19.9 Å². The molecule has 27 rings (SSSR count). The van der Waals surface area contributed by atoms with Crippen LogP contribution in [0.15, 0.2) is 234 Å². The zero-order valence-corrected chi connectivity index (χ0v) is 82.1. The van der Waals surface area contributed by atoms with E-state index in [1.165, 1.54) is 254 Å². The number of fused-ring (bicyclic) bond motifs is 7. The minimum absolute atomic E-state index is 0.00406. The molecule has 5 N–H and O–H groups in total. The highest BCUT2D eigenvalue weighted by Crippen LogP contribution is 2.76. The number of aromatic nitrogens is 4. The van der Waals surface area contributed by atoms with Crippen LogP contribution >= 0.6 is 0 Å². The third kappa shape index (κ3) is 13.7. The van der Waals surface area contributed by atoms with Gasteiger partial charge in [-0.15, -0.1) is 0 Å². The first kappa shape index (κ1) is 89.0. The monoisotopic (exact) mass is 1800 g/mol. The Balaban J connectivity index is 0.0000000981. The minimum Gasteiger partial charge on any atom is -0.389 e. The number of allylic oxidation sites excluding steroid dienone is 3. The van der Waals surface area contributed by atoms with Gasteiger partial charge < -0.3 is 45.3 Å². The van der Waals surface area contributed by atoms with Crippen molar-refractivity contribution < 1.29 is 24.1 Å². The summed E-state index contributed by atoms with van der Waals surface area (Å²) in [4.78, 5) is 17.4. The first-order valence-electron chi connectivity index (χ1n) is 53.4. The summed E-state index contributed by atoms with van der Waals surface area (Å²) in [5, 5.41) is 31.9. The van der Waals surface area contributed by atoms with Crippen LogP contribution in [0.4, 0.5) is 0 Å². The molecule has 4 aromatic heterocycles. The first-order valence-corrected chi connectivity index (χ1v) is 53.4. The van der Waals surface area contributed by atoms with Gasteiger partial charge in [-0.1, -0.05) is 126 Å².